The third-order valence-corrected chi connectivity index (χ3v) is 25.0. The van der Waals surface area contributed by atoms with Gasteiger partial charge in [0, 0.05) is 36.3 Å². The molecule has 6 heterocycles. The fourth-order valence-corrected chi connectivity index (χ4v) is 17.2. The minimum absolute atomic E-state index is 0.0828. The van der Waals surface area contributed by atoms with Gasteiger partial charge in [0.25, 0.3) is 0 Å². The van der Waals surface area contributed by atoms with Crippen LogP contribution in [0, 0.1) is 57.7 Å². The Hall–Kier alpha value is -7.38. The number of Topliss-reactive ketones (excluding diaryl/α,β-unsaturated/α-hetero) is 1. The molecule has 6 fully saturated rings. The maximum absolute atomic E-state index is 15.0. The molecule has 12 rings (SSSR count). The highest BCUT2D eigenvalue weighted by atomic mass is 32.2. The van der Waals surface area contributed by atoms with Crippen LogP contribution >= 0.6 is 0 Å². The van der Waals surface area contributed by atoms with Gasteiger partial charge in [-0.25, -0.2) is 41.9 Å². The number of aliphatic carboxylic acids is 1. The average molecular weight is 1440 g/mol. The molecule has 4 aromatic rings. The van der Waals surface area contributed by atoms with Crippen molar-refractivity contribution in [3.8, 4) is 23.3 Å². The Morgan fingerprint density at radius 3 is 1.50 bits per heavy atom. The Morgan fingerprint density at radius 1 is 0.647 bits per heavy atom. The molecule has 558 valence electrons. The van der Waals surface area contributed by atoms with Crippen molar-refractivity contribution in [3.05, 3.63) is 47.8 Å². The van der Waals surface area contributed by atoms with Crippen molar-refractivity contribution in [1.29, 1.82) is 0 Å². The van der Waals surface area contributed by atoms with Gasteiger partial charge in [-0.05, 0) is 137 Å². The first-order valence-corrected chi connectivity index (χ1v) is 38.4. The standard InChI is InChI=1S/C43H58F2N4O9S.C33H45N3O7/c1-7-11-26-34-23-49(36(26)32(50)22-43(21-28(43)37(44)45)40(53)48-59(54,55)42(5)16-17-42)39(52)27(41(2,3)4)20-35(51)57-33-18-24(33)12-9-8-10-13-30-38(58-34)47-31-19-25(56-6)14-15-29(31)46-30;1-6-10-21-27-18-36(29(21)32(39)40)31(38)22(33(2,3)4)17-28(37)42-26-15-19(26)11-8-7-9-12-24-30(43-27)35-25-16-20(41-5)13-14-23(25)34-24/h14-15,19,24,26-28,33-34,36-37H,7-13,16-18,20-23H2,1-6H3,(H,48,53);13-14,16,19,21-22,26-27,29H,6-12,15,17-18H2,1-5H3,(H,39,40)/t24-,26-,27-,28+,33-,34+,36+,43-;19-,21-,22-,26-,27+,29+/m11/s1. The number of rotatable bonds is 14. The SMILES string of the molecule is CCC[C@@H]1[C@@H]2CN(C(=O)[C@H](C(C)(C)C)CC(=O)O[C@@H]3C[C@H]3CCCCCc3nc4ccc(OC)cc4nc3O2)[C@@H]1C(=O)C[C@]1(C(=O)NS(=O)(=O)C2(C)CC2)C[C@H]1C(F)F.CCC[C@@H]1[C@@H]2CN(C(=O)[C@H](C(C)(C)C)CC(=O)O[C@@H]3C[C@H]3CCCCCc3nc4ccc(OC)cc4nc3O2)[C@@H]1C(=O)O. The van der Waals surface area contributed by atoms with Gasteiger partial charge in [-0.15, -0.1) is 0 Å². The lowest BCUT2D eigenvalue weighted by molar-refractivity contribution is -0.157. The van der Waals surface area contributed by atoms with Crippen molar-refractivity contribution < 1.29 is 84.3 Å². The van der Waals surface area contributed by atoms with Crippen LogP contribution in [0.1, 0.15) is 202 Å². The number of esters is 2. The lowest BCUT2D eigenvalue weighted by Gasteiger charge is -2.35. The zero-order chi connectivity index (χ0) is 73.5. The first-order valence-electron chi connectivity index (χ1n) is 36.9. The summed E-state index contributed by atoms with van der Waals surface area (Å²) in [5.74, 6) is -6.47. The van der Waals surface area contributed by atoms with Crippen LogP contribution in [0.15, 0.2) is 36.4 Å². The number of nitrogens with zero attached hydrogens (tertiary/aromatic N) is 6. The quantitative estimate of drug-likeness (QED) is 0.111. The third kappa shape index (κ3) is 16.7. The number of ketones is 1. The van der Waals surface area contributed by atoms with E-state index in [1.54, 1.807) is 26.4 Å². The number of ether oxygens (including phenoxy) is 6. The number of nitrogens with one attached hydrogen (secondary N) is 1. The van der Waals surface area contributed by atoms with Gasteiger partial charge in [0.05, 0.1) is 90.3 Å². The molecule has 0 spiro atoms. The number of aromatic nitrogens is 4. The van der Waals surface area contributed by atoms with Crippen LogP contribution in [0.25, 0.3) is 22.1 Å². The molecule has 2 aromatic carbocycles. The number of benzene rings is 2. The highest BCUT2D eigenvalue weighted by molar-refractivity contribution is 7.91. The second-order valence-electron chi connectivity index (χ2n) is 32.4. The zero-order valence-electron chi connectivity index (χ0n) is 60.9. The topological polar surface area (TPSA) is 299 Å². The number of fused-ring (bicyclic) bond motifs is 10. The fraction of sp³-hybridized carbons (Fsp3) is 0.697. The number of aryl methyl sites for hydroxylation is 2. The number of carboxylic acid groups (broad SMARTS) is 1. The van der Waals surface area contributed by atoms with Crippen LogP contribution in [-0.2, 0) is 65.9 Å². The first kappa shape index (κ1) is 75.8. The van der Waals surface area contributed by atoms with E-state index in [9.17, 15) is 51.1 Å². The largest absolute Gasteiger partial charge is 0.497 e. The summed E-state index contributed by atoms with van der Waals surface area (Å²) >= 11 is 0. The summed E-state index contributed by atoms with van der Waals surface area (Å²) in [7, 11) is -1.05. The van der Waals surface area contributed by atoms with Gasteiger partial charge < -0.3 is 43.3 Å². The minimum Gasteiger partial charge on any atom is -0.497 e. The van der Waals surface area contributed by atoms with Gasteiger partial charge in [0.15, 0.2) is 5.78 Å². The number of carbonyl (C=O) groups is 7. The summed E-state index contributed by atoms with van der Waals surface area (Å²) < 4.78 is 92.0. The molecule has 2 N–H and O–H groups in total. The molecule has 0 unspecified atom stereocenters. The van der Waals surface area contributed by atoms with E-state index >= 15 is 4.79 Å². The summed E-state index contributed by atoms with van der Waals surface area (Å²) in [6.07, 6.45) is 7.00. The maximum atomic E-state index is 15.0. The van der Waals surface area contributed by atoms with Crippen molar-refractivity contribution in [2.24, 2.45) is 57.7 Å². The van der Waals surface area contributed by atoms with Gasteiger partial charge in [-0.2, -0.15) is 0 Å². The van der Waals surface area contributed by atoms with Gasteiger partial charge in [-0.3, -0.25) is 33.5 Å². The minimum atomic E-state index is -4.20. The predicted octanol–water partition coefficient (Wildman–Crippen LogP) is 11.5. The number of carbonyl (C=O) groups excluding carboxylic acids is 6. The number of sulfonamides is 1. The molecule has 4 bridgehead atoms. The van der Waals surface area contributed by atoms with E-state index in [-0.39, 0.29) is 62.3 Å². The molecule has 2 aromatic heterocycles. The summed E-state index contributed by atoms with van der Waals surface area (Å²) in [6, 6.07) is 8.61. The van der Waals surface area contributed by atoms with Crippen molar-refractivity contribution in [1.82, 2.24) is 34.5 Å². The Kier molecular flexibility index (Phi) is 22.6. The number of methoxy groups -OCH3 is 2. The van der Waals surface area contributed by atoms with E-state index in [1.165, 1.54) is 16.7 Å². The number of amides is 3. The summed E-state index contributed by atoms with van der Waals surface area (Å²) in [5, 5.41) is 10.4. The van der Waals surface area contributed by atoms with Crippen LogP contribution in [-0.4, -0.2) is 160 Å². The number of carboxylic acids is 1. The molecule has 2 saturated heterocycles. The van der Waals surface area contributed by atoms with E-state index in [0.29, 0.717) is 90.5 Å². The van der Waals surface area contributed by atoms with Crippen LogP contribution in [0.2, 0.25) is 0 Å². The molecule has 8 aliphatic rings. The van der Waals surface area contributed by atoms with Crippen LogP contribution in [0.5, 0.6) is 23.3 Å². The van der Waals surface area contributed by atoms with E-state index in [0.717, 1.165) is 81.8 Å². The van der Waals surface area contributed by atoms with E-state index in [1.807, 2.05) is 79.7 Å². The molecule has 3 amide bonds. The predicted molar refractivity (Wildman–Crippen MR) is 373 cm³/mol. The van der Waals surface area contributed by atoms with Gasteiger partial charge in [0.1, 0.15) is 53.3 Å². The molecule has 23 nitrogen and oxygen atoms in total. The van der Waals surface area contributed by atoms with E-state index in [4.69, 9.17) is 48.4 Å². The molecule has 4 saturated carbocycles. The molecule has 4 aliphatic heterocycles. The Morgan fingerprint density at radius 2 is 1.10 bits per heavy atom. The summed E-state index contributed by atoms with van der Waals surface area (Å²) in [4.78, 5) is 120. The number of hydrogen-bond acceptors (Lipinski definition) is 19. The van der Waals surface area contributed by atoms with Crippen LogP contribution in [0.4, 0.5) is 8.78 Å². The third-order valence-electron chi connectivity index (χ3n) is 22.8. The van der Waals surface area contributed by atoms with Crippen molar-refractivity contribution in [3.63, 3.8) is 0 Å². The smallest absolute Gasteiger partial charge is 0.326 e. The molecular weight excluding hydrogens is 1340 g/mol. The van der Waals surface area contributed by atoms with Gasteiger partial charge in [0.2, 0.25) is 45.9 Å². The Labute approximate surface area is 596 Å². The Bertz CT molecular complexity index is 3940. The van der Waals surface area contributed by atoms with Crippen molar-refractivity contribution in [2.75, 3.05) is 27.3 Å². The van der Waals surface area contributed by atoms with E-state index < -0.39 is 133 Å². The fourth-order valence-electron chi connectivity index (χ4n) is 15.9. The van der Waals surface area contributed by atoms with Crippen molar-refractivity contribution >= 4 is 73.5 Å². The molecule has 4 aliphatic carbocycles. The number of hydrogen-bond donors (Lipinski definition) is 2. The number of halogens is 2. The second-order valence-corrected chi connectivity index (χ2v) is 34.6. The maximum Gasteiger partial charge on any atom is 0.326 e. The zero-order valence-corrected chi connectivity index (χ0v) is 61.8. The van der Waals surface area contributed by atoms with E-state index in [2.05, 4.69) is 4.72 Å². The average Bonchev–Trinajstić information content (AvgIpc) is 1.56. The summed E-state index contributed by atoms with van der Waals surface area (Å²) in [6.45, 7) is 16.6. The van der Waals surface area contributed by atoms with Crippen LogP contribution in [0.3, 0.4) is 0 Å². The first-order chi connectivity index (χ1) is 48.3. The normalized spacial score (nSPS) is 30.0. The van der Waals surface area contributed by atoms with Gasteiger partial charge in [-0.1, -0.05) is 93.9 Å². The highest BCUT2D eigenvalue weighted by Crippen LogP contribution is 2.60. The molecule has 0 radical (unpaired) electrons. The van der Waals surface area contributed by atoms with Gasteiger partial charge >= 0.3 is 17.9 Å². The second kappa shape index (κ2) is 30.4. The van der Waals surface area contributed by atoms with Crippen LogP contribution < -0.4 is 23.7 Å². The number of alkyl halides is 2. The lowest BCUT2D eigenvalue weighted by Crippen LogP contribution is -2.50. The molecule has 102 heavy (non-hydrogen) atoms. The summed E-state index contributed by atoms with van der Waals surface area (Å²) in [5.41, 5.74) is 0.546. The Balaban J connectivity index is 0.000000215. The molecule has 26 heteroatoms. The molecule has 14 atom stereocenters. The lowest BCUT2D eigenvalue weighted by atomic mass is 9.77. The van der Waals surface area contributed by atoms with Crippen molar-refractivity contribution in [2.45, 2.75) is 251 Å². The highest BCUT2D eigenvalue weighted by Gasteiger charge is 2.67. The molecular formula is C76H103F2N7O16S. The monoisotopic (exact) mass is 1440 g/mol.